The number of H-pyrrole nitrogens is 1. The van der Waals surface area contributed by atoms with Crippen LogP contribution < -0.4 is 5.56 Å². The number of hydrogen-bond donors (Lipinski definition) is 1. The van der Waals surface area contributed by atoms with E-state index in [2.05, 4.69) is 9.88 Å². The van der Waals surface area contributed by atoms with Crippen molar-refractivity contribution in [2.24, 2.45) is 0 Å². The molecule has 3 rings (SSSR count). The van der Waals surface area contributed by atoms with Crippen molar-refractivity contribution in [3.05, 3.63) is 34.2 Å². The Hall–Kier alpha value is -1.62. The third-order valence-electron chi connectivity index (χ3n) is 4.36. The van der Waals surface area contributed by atoms with Crippen LogP contribution in [0.2, 0.25) is 0 Å². The lowest BCUT2D eigenvalue weighted by Crippen LogP contribution is -2.41. The number of likely N-dealkylation sites (tertiary alicyclic amines) is 2. The lowest BCUT2D eigenvalue weighted by molar-refractivity contribution is 0.0765. The van der Waals surface area contributed by atoms with Gasteiger partial charge in [-0.3, -0.25) is 14.5 Å². The lowest BCUT2D eigenvalue weighted by atomic mass is 10.1. The van der Waals surface area contributed by atoms with Gasteiger partial charge in [0.05, 0.1) is 0 Å². The van der Waals surface area contributed by atoms with E-state index >= 15 is 0 Å². The van der Waals surface area contributed by atoms with Crippen LogP contribution in [-0.2, 0) is 0 Å². The minimum Gasteiger partial charge on any atom is -0.336 e. The molecule has 0 saturated carbocycles. The summed E-state index contributed by atoms with van der Waals surface area (Å²) in [6.45, 7) is 3.90. The van der Waals surface area contributed by atoms with E-state index < -0.39 is 0 Å². The summed E-state index contributed by atoms with van der Waals surface area (Å²) >= 11 is 0. The average molecular weight is 275 g/mol. The predicted octanol–water partition coefficient (Wildman–Crippen LogP) is 1.08. The van der Waals surface area contributed by atoms with Crippen molar-refractivity contribution >= 4 is 5.91 Å². The molecule has 1 atom stereocenters. The van der Waals surface area contributed by atoms with Gasteiger partial charge < -0.3 is 9.88 Å². The second-order valence-electron chi connectivity index (χ2n) is 5.72. The molecule has 1 aromatic rings. The molecule has 2 saturated heterocycles. The molecule has 2 aliphatic heterocycles. The summed E-state index contributed by atoms with van der Waals surface area (Å²) in [6.07, 6.45) is 4.92. The molecule has 5 nitrogen and oxygen atoms in total. The zero-order valence-corrected chi connectivity index (χ0v) is 11.7. The first kappa shape index (κ1) is 13.4. The molecule has 108 valence electrons. The third kappa shape index (κ3) is 2.77. The SMILES string of the molecule is O=C(c1cccc(=O)[nH]1)N1CCC(N2CCCCC2)C1. The highest BCUT2D eigenvalue weighted by atomic mass is 16.2. The fourth-order valence-electron chi connectivity index (χ4n) is 3.25. The van der Waals surface area contributed by atoms with Crippen LogP contribution in [0.4, 0.5) is 0 Å². The minimum absolute atomic E-state index is 0.0535. The maximum Gasteiger partial charge on any atom is 0.270 e. The molecule has 0 spiro atoms. The van der Waals surface area contributed by atoms with Crippen LogP contribution in [0.1, 0.15) is 36.2 Å². The minimum atomic E-state index is -0.220. The van der Waals surface area contributed by atoms with Crippen LogP contribution >= 0.6 is 0 Å². The zero-order valence-electron chi connectivity index (χ0n) is 11.7. The monoisotopic (exact) mass is 275 g/mol. The molecular formula is C15H21N3O2. The van der Waals surface area contributed by atoms with E-state index in [0.29, 0.717) is 11.7 Å². The van der Waals surface area contributed by atoms with Crippen molar-refractivity contribution in [1.82, 2.24) is 14.8 Å². The van der Waals surface area contributed by atoms with Crippen molar-refractivity contribution in [3.8, 4) is 0 Å². The Morgan fingerprint density at radius 2 is 1.95 bits per heavy atom. The maximum atomic E-state index is 12.4. The molecule has 1 N–H and O–H groups in total. The van der Waals surface area contributed by atoms with E-state index in [1.807, 2.05) is 4.90 Å². The van der Waals surface area contributed by atoms with Gasteiger partial charge in [-0.2, -0.15) is 0 Å². The molecule has 1 amide bonds. The summed E-state index contributed by atoms with van der Waals surface area (Å²) in [5, 5.41) is 0. The maximum absolute atomic E-state index is 12.4. The van der Waals surface area contributed by atoms with E-state index in [9.17, 15) is 9.59 Å². The molecule has 20 heavy (non-hydrogen) atoms. The van der Waals surface area contributed by atoms with E-state index in [0.717, 1.165) is 32.6 Å². The highest BCUT2D eigenvalue weighted by Gasteiger charge is 2.31. The van der Waals surface area contributed by atoms with Gasteiger partial charge in [-0.25, -0.2) is 0 Å². The number of aromatic nitrogens is 1. The molecule has 3 heterocycles. The van der Waals surface area contributed by atoms with Crippen LogP contribution in [0.3, 0.4) is 0 Å². The number of carbonyl (C=O) groups is 1. The first-order chi connectivity index (χ1) is 9.74. The molecule has 1 aromatic heterocycles. The van der Waals surface area contributed by atoms with Gasteiger partial charge in [0, 0.05) is 25.2 Å². The van der Waals surface area contributed by atoms with Gasteiger partial charge in [0.15, 0.2) is 0 Å². The second kappa shape index (κ2) is 5.79. The standard InChI is InChI=1S/C15H21N3O2/c19-14-6-4-5-13(16-14)15(20)18-10-7-12(11-18)17-8-2-1-3-9-17/h4-6,12H,1-3,7-11H2,(H,16,19). The van der Waals surface area contributed by atoms with Crippen LogP contribution in [0.25, 0.3) is 0 Å². The van der Waals surface area contributed by atoms with Crippen LogP contribution in [0, 0.1) is 0 Å². The summed E-state index contributed by atoms with van der Waals surface area (Å²) < 4.78 is 0. The highest BCUT2D eigenvalue weighted by Crippen LogP contribution is 2.21. The Bertz CT molecular complexity index is 534. The molecule has 1 unspecified atom stereocenters. The average Bonchev–Trinajstić information content (AvgIpc) is 2.97. The van der Waals surface area contributed by atoms with Gasteiger partial charge in [-0.1, -0.05) is 12.5 Å². The number of rotatable bonds is 2. The molecule has 0 radical (unpaired) electrons. The van der Waals surface area contributed by atoms with Gasteiger partial charge >= 0.3 is 0 Å². The number of hydrogen-bond acceptors (Lipinski definition) is 3. The molecule has 0 bridgehead atoms. The summed E-state index contributed by atoms with van der Waals surface area (Å²) in [5.74, 6) is -0.0535. The molecule has 5 heteroatoms. The van der Waals surface area contributed by atoms with E-state index in [1.165, 1.54) is 25.3 Å². The summed E-state index contributed by atoms with van der Waals surface area (Å²) in [6, 6.07) is 5.23. The molecule has 0 aliphatic carbocycles. The Morgan fingerprint density at radius 1 is 1.15 bits per heavy atom. The van der Waals surface area contributed by atoms with Crippen molar-refractivity contribution in [1.29, 1.82) is 0 Å². The van der Waals surface area contributed by atoms with E-state index in [1.54, 1.807) is 12.1 Å². The van der Waals surface area contributed by atoms with Crippen molar-refractivity contribution in [3.63, 3.8) is 0 Å². The molecule has 2 fully saturated rings. The molecule has 0 aromatic carbocycles. The van der Waals surface area contributed by atoms with Crippen molar-refractivity contribution in [2.45, 2.75) is 31.7 Å². The number of nitrogens with zero attached hydrogens (tertiary/aromatic N) is 2. The van der Waals surface area contributed by atoms with Gasteiger partial charge in [-0.05, 0) is 38.4 Å². The third-order valence-corrected chi connectivity index (χ3v) is 4.36. The summed E-state index contributed by atoms with van der Waals surface area (Å²) in [5.41, 5.74) is 0.180. The first-order valence-electron chi connectivity index (χ1n) is 7.47. The van der Waals surface area contributed by atoms with Crippen molar-refractivity contribution in [2.75, 3.05) is 26.2 Å². The van der Waals surface area contributed by atoms with Crippen LogP contribution in [-0.4, -0.2) is 52.9 Å². The number of aromatic amines is 1. The van der Waals surface area contributed by atoms with Gasteiger partial charge in [0.25, 0.3) is 5.91 Å². The zero-order chi connectivity index (χ0) is 13.9. The predicted molar refractivity (Wildman–Crippen MR) is 76.8 cm³/mol. The summed E-state index contributed by atoms with van der Waals surface area (Å²) in [4.78, 5) is 30.7. The summed E-state index contributed by atoms with van der Waals surface area (Å²) in [7, 11) is 0. The molecular weight excluding hydrogens is 254 g/mol. The highest BCUT2D eigenvalue weighted by molar-refractivity contribution is 5.92. The smallest absolute Gasteiger partial charge is 0.270 e. The largest absolute Gasteiger partial charge is 0.336 e. The number of pyridine rings is 1. The lowest BCUT2D eigenvalue weighted by Gasteiger charge is -2.32. The second-order valence-corrected chi connectivity index (χ2v) is 5.72. The van der Waals surface area contributed by atoms with Crippen LogP contribution in [0.15, 0.2) is 23.0 Å². The van der Waals surface area contributed by atoms with E-state index in [4.69, 9.17) is 0 Å². The number of amides is 1. The number of nitrogens with one attached hydrogen (secondary N) is 1. The molecule has 2 aliphatic rings. The van der Waals surface area contributed by atoms with Gasteiger partial charge in [0.1, 0.15) is 5.69 Å². The first-order valence-corrected chi connectivity index (χ1v) is 7.47. The Kier molecular flexibility index (Phi) is 3.87. The topological polar surface area (TPSA) is 56.4 Å². The normalized spacial score (nSPS) is 24.0. The Labute approximate surface area is 118 Å². The van der Waals surface area contributed by atoms with Crippen LogP contribution in [0.5, 0.6) is 0 Å². The number of piperidine rings is 1. The Balaban J connectivity index is 1.64. The quantitative estimate of drug-likeness (QED) is 0.878. The van der Waals surface area contributed by atoms with Gasteiger partial charge in [0.2, 0.25) is 5.56 Å². The van der Waals surface area contributed by atoms with Gasteiger partial charge in [-0.15, -0.1) is 0 Å². The van der Waals surface area contributed by atoms with Crippen molar-refractivity contribution < 1.29 is 4.79 Å². The number of carbonyl (C=O) groups excluding carboxylic acids is 1. The fraction of sp³-hybridized carbons (Fsp3) is 0.600. The van der Waals surface area contributed by atoms with E-state index in [-0.39, 0.29) is 11.5 Å². The fourth-order valence-corrected chi connectivity index (χ4v) is 3.25. The Morgan fingerprint density at radius 3 is 2.70 bits per heavy atom.